The third-order valence-electron chi connectivity index (χ3n) is 6.05. The monoisotopic (exact) mass is 374 g/mol. The molecule has 1 aromatic carbocycles. The molecule has 0 radical (unpaired) electrons. The summed E-state index contributed by atoms with van der Waals surface area (Å²) in [5, 5.41) is 0. The number of rotatable bonds is 8. The summed E-state index contributed by atoms with van der Waals surface area (Å²) in [4.78, 5) is 9.92. The van der Waals surface area contributed by atoms with E-state index in [4.69, 9.17) is 4.74 Å². The third kappa shape index (κ3) is 6.46. The van der Waals surface area contributed by atoms with E-state index < -0.39 is 0 Å². The van der Waals surface area contributed by atoms with Crippen molar-refractivity contribution in [3.8, 4) is 5.75 Å². The molecule has 152 valence electrons. The molecule has 5 heteroatoms. The van der Waals surface area contributed by atoms with Crippen molar-refractivity contribution in [3.63, 3.8) is 0 Å². The average molecular weight is 375 g/mol. The highest BCUT2D eigenvalue weighted by Crippen LogP contribution is 2.23. The molecule has 0 N–H and O–H groups in total. The van der Waals surface area contributed by atoms with Crippen molar-refractivity contribution in [2.75, 3.05) is 73.6 Å². The maximum absolute atomic E-state index is 6.19. The van der Waals surface area contributed by atoms with Gasteiger partial charge in [0.15, 0.2) is 0 Å². The average Bonchev–Trinajstić information content (AvgIpc) is 2.68. The molecular weight excluding hydrogens is 336 g/mol. The number of hydrogen-bond acceptors (Lipinski definition) is 5. The van der Waals surface area contributed by atoms with E-state index in [-0.39, 0.29) is 0 Å². The number of benzene rings is 1. The van der Waals surface area contributed by atoms with Crippen LogP contribution in [0.15, 0.2) is 24.3 Å². The summed E-state index contributed by atoms with van der Waals surface area (Å²) in [7, 11) is 6.61. The molecule has 0 bridgehead atoms. The number of para-hydroxylation sites is 1. The highest BCUT2D eigenvalue weighted by atomic mass is 16.5. The molecule has 2 aliphatic rings. The number of piperazine rings is 1. The van der Waals surface area contributed by atoms with E-state index in [0.29, 0.717) is 6.04 Å². The van der Waals surface area contributed by atoms with Crippen LogP contribution in [0.5, 0.6) is 5.75 Å². The Balaban J connectivity index is 1.44. The van der Waals surface area contributed by atoms with Crippen molar-refractivity contribution in [1.82, 2.24) is 19.6 Å². The number of ether oxygens (including phenoxy) is 1. The van der Waals surface area contributed by atoms with Crippen LogP contribution in [-0.2, 0) is 6.54 Å². The van der Waals surface area contributed by atoms with Gasteiger partial charge in [0, 0.05) is 57.4 Å². The first-order chi connectivity index (χ1) is 13.1. The number of likely N-dealkylation sites (tertiary alicyclic amines) is 1. The van der Waals surface area contributed by atoms with Crippen LogP contribution in [0.3, 0.4) is 0 Å². The zero-order valence-electron chi connectivity index (χ0n) is 17.6. The maximum Gasteiger partial charge on any atom is 0.123 e. The molecule has 5 nitrogen and oxygen atoms in total. The third-order valence-corrected chi connectivity index (χ3v) is 6.05. The molecule has 1 aromatic rings. The topological polar surface area (TPSA) is 22.2 Å². The smallest absolute Gasteiger partial charge is 0.123 e. The van der Waals surface area contributed by atoms with Crippen LogP contribution in [0, 0.1) is 0 Å². The first kappa shape index (κ1) is 20.6. The molecule has 0 aromatic heterocycles. The lowest BCUT2D eigenvalue weighted by atomic mass is 10.0. The quantitative estimate of drug-likeness (QED) is 0.649. The lowest BCUT2D eigenvalue weighted by Crippen LogP contribution is -2.44. The molecule has 0 spiro atoms. The summed E-state index contributed by atoms with van der Waals surface area (Å²) >= 11 is 0. The fourth-order valence-corrected chi connectivity index (χ4v) is 4.15. The summed E-state index contributed by atoms with van der Waals surface area (Å²) in [6, 6.07) is 9.28. The van der Waals surface area contributed by atoms with Gasteiger partial charge in [0.25, 0.3) is 0 Å². The van der Waals surface area contributed by atoms with Crippen LogP contribution < -0.4 is 4.74 Å². The van der Waals surface area contributed by atoms with Crippen LogP contribution >= 0.6 is 0 Å². The number of nitrogens with zero attached hydrogens (tertiary/aromatic N) is 4. The highest BCUT2D eigenvalue weighted by Gasteiger charge is 2.22. The molecule has 0 aliphatic carbocycles. The number of piperidine rings is 1. The van der Waals surface area contributed by atoms with Crippen molar-refractivity contribution in [3.05, 3.63) is 29.8 Å². The van der Waals surface area contributed by atoms with Gasteiger partial charge >= 0.3 is 0 Å². The highest BCUT2D eigenvalue weighted by molar-refractivity contribution is 5.33. The van der Waals surface area contributed by atoms with Gasteiger partial charge in [-0.3, -0.25) is 4.90 Å². The Morgan fingerprint density at radius 3 is 2.59 bits per heavy atom. The molecule has 1 atom stereocenters. The molecule has 2 fully saturated rings. The minimum atomic E-state index is 0.676. The van der Waals surface area contributed by atoms with Crippen LogP contribution in [0.4, 0.5) is 0 Å². The molecule has 2 heterocycles. The molecule has 3 rings (SSSR count). The molecule has 2 aliphatic heterocycles. The Morgan fingerprint density at radius 1 is 1.04 bits per heavy atom. The second-order valence-corrected chi connectivity index (χ2v) is 8.45. The van der Waals surface area contributed by atoms with E-state index in [1.54, 1.807) is 0 Å². The van der Waals surface area contributed by atoms with Crippen molar-refractivity contribution in [1.29, 1.82) is 0 Å². The normalized spacial score (nSPS) is 23.0. The van der Waals surface area contributed by atoms with Crippen LogP contribution in [-0.4, -0.2) is 99.2 Å². The zero-order chi connectivity index (χ0) is 19.1. The van der Waals surface area contributed by atoms with Gasteiger partial charge in [-0.15, -0.1) is 0 Å². The standard InChI is InChI=1S/C22H38N4O/c1-23(2)21-9-6-11-26(19-21)18-20-8-4-5-10-22(20)27-17-7-12-25-15-13-24(3)14-16-25/h4-5,8,10,21H,6-7,9,11-19H2,1-3H3/t21-/m1/s1. The minimum Gasteiger partial charge on any atom is -0.493 e. The van der Waals surface area contributed by atoms with Gasteiger partial charge in [-0.1, -0.05) is 18.2 Å². The van der Waals surface area contributed by atoms with E-state index in [1.165, 1.54) is 51.1 Å². The maximum atomic E-state index is 6.19. The van der Waals surface area contributed by atoms with Crippen molar-refractivity contribution in [2.45, 2.75) is 31.8 Å². The summed E-state index contributed by atoms with van der Waals surface area (Å²) in [6.07, 6.45) is 3.70. The second-order valence-electron chi connectivity index (χ2n) is 8.45. The van der Waals surface area contributed by atoms with Gasteiger partial charge in [0.05, 0.1) is 6.61 Å². The zero-order valence-corrected chi connectivity index (χ0v) is 17.6. The lowest BCUT2D eigenvalue weighted by Gasteiger charge is -2.36. The fraction of sp³-hybridized carbons (Fsp3) is 0.727. The first-order valence-corrected chi connectivity index (χ1v) is 10.6. The number of likely N-dealkylation sites (N-methyl/N-ethyl adjacent to an activating group) is 2. The second kappa shape index (κ2) is 10.4. The summed E-state index contributed by atoms with van der Waals surface area (Å²) in [5.41, 5.74) is 1.33. The van der Waals surface area contributed by atoms with Crippen molar-refractivity contribution >= 4 is 0 Å². The van der Waals surface area contributed by atoms with Crippen LogP contribution in [0.2, 0.25) is 0 Å². The van der Waals surface area contributed by atoms with E-state index in [0.717, 1.165) is 38.4 Å². The fourth-order valence-electron chi connectivity index (χ4n) is 4.15. The van der Waals surface area contributed by atoms with Gasteiger partial charge in [-0.25, -0.2) is 0 Å². The van der Waals surface area contributed by atoms with Gasteiger partial charge < -0.3 is 19.4 Å². The Labute approximate surface area is 165 Å². The Bertz CT molecular complexity index is 557. The molecule has 0 saturated carbocycles. The van der Waals surface area contributed by atoms with Crippen molar-refractivity contribution in [2.24, 2.45) is 0 Å². The summed E-state index contributed by atoms with van der Waals surface area (Å²) in [6.45, 7) is 10.1. The first-order valence-electron chi connectivity index (χ1n) is 10.6. The van der Waals surface area contributed by atoms with Crippen LogP contribution in [0.1, 0.15) is 24.8 Å². The van der Waals surface area contributed by atoms with Gasteiger partial charge in [0.1, 0.15) is 5.75 Å². The Kier molecular flexibility index (Phi) is 7.94. The van der Waals surface area contributed by atoms with Crippen LogP contribution in [0.25, 0.3) is 0 Å². The lowest BCUT2D eigenvalue weighted by molar-refractivity contribution is 0.126. The van der Waals surface area contributed by atoms with Gasteiger partial charge in [0.2, 0.25) is 0 Å². The van der Waals surface area contributed by atoms with E-state index >= 15 is 0 Å². The predicted molar refractivity (Wildman–Crippen MR) is 112 cm³/mol. The largest absolute Gasteiger partial charge is 0.493 e. The van der Waals surface area contributed by atoms with Gasteiger partial charge in [-0.05, 0) is 53.0 Å². The molecule has 2 saturated heterocycles. The molecule has 27 heavy (non-hydrogen) atoms. The van der Waals surface area contributed by atoms with Crippen molar-refractivity contribution < 1.29 is 4.74 Å². The summed E-state index contributed by atoms with van der Waals surface area (Å²) in [5.74, 6) is 1.07. The molecule has 0 unspecified atom stereocenters. The SMILES string of the molecule is CN1CCN(CCCOc2ccccc2CN2CCC[C@@H](N(C)C)C2)CC1. The van der Waals surface area contributed by atoms with Gasteiger partial charge in [-0.2, -0.15) is 0 Å². The minimum absolute atomic E-state index is 0.676. The number of hydrogen-bond donors (Lipinski definition) is 0. The Hall–Kier alpha value is -1.14. The van der Waals surface area contributed by atoms with E-state index in [1.807, 2.05) is 0 Å². The molecule has 0 amide bonds. The van der Waals surface area contributed by atoms with E-state index in [2.05, 4.69) is 65.0 Å². The summed E-state index contributed by atoms with van der Waals surface area (Å²) < 4.78 is 6.19. The Morgan fingerprint density at radius 2 is 1.81 bits per heavy atom. The van der Waals surface area contributed by atoms with E-state index in [9.17, 15) is 0 Å². The predicted octanol–water partition coefficient (Wildman–Crippen LogP) is 2.23. The molecular formula is C22H38N4O.